The number of rotatable bonds is 6. The van der Waals surface area contributed by atoms with Crippen molar-refractivity contribution in [2.24, 2.45) is 0 Å². The summed E-state index contributed by atoms with van der Waals surface area (Å²) in [6, 6.07) is 20.2. The predicted molar refractivity (Wildman–Crippen MR) is 138 cm³/mol. The number of sulfone groups is 1. The molecule has 180 valence electrons. The highest BCUT2D eigenvalue weighted by Gasteiger charge is 2.19. The first-order valence-electron chi connectivity index (χ1n) is 10.9. The molecule has 4 rings (SSSR count). The number of benzene rings is 3. The Bertz CT molecular complexity index is 1540. The normalized spacial score (nSPS) is 11.5. The fraction of sp³-hybridized carbons (Fsp3) is 0.185. The summed E-state index contributed by atoms with van der Waals surface area (Å²) in [6.07, 6.45) is 1.20. The van der Waals surface area contributed by atoms with Crippen LogP contribution in [-0.2, 0) is 21.1 Å². The molecular formula is C27H25ClN2O4S. The lowest BCUT2D eigenvalue weighted by Gasteiger charge is -2.13. The van der Waals surface area contributed by atoms with E-state index < -0.39 is 15.8 Å². The molecule has 0 bridgehead atoms. The van der Waals surface area contributed by atoms with Crippen molar-refractivity contribution in [3.05, 3.63) is 94.1 Å². The van der Waals surface area contributed by atoms with E-state index in [9.17, 15) is 13.2 Å². The third-order valence-corrected chi connectivity index (χ3v) is 7.49. The van der Waals surface area contributed by atoms with Gasteiger partial charge in [-0.3, -0.25) is 4.68 Å². The van der Waals surface area contributed by atoms with Crippen molar-refractivity contribution in [3.63, 3.8) is 0 Å². The molecule has 0 unspecified atom stereocenters. The maximum absolute atomic E-state index is 12.3. The average molecular weight is 509 g/mol. The Balaban J connectivity index is 1.79. The van der Waals surface area contributed by atoms with Gasteiger partial charge in [-0.2, -0.15) is 5.10 Å². The van der Waals surface area contributed by atoms with Crippen molar-refractivity contribution in [2.75, 3.05) is 13.4 Å². The van der Waals surface area contributed by atoms with Gasteiger partial charge in [0.15, 0.2) is 15.5 Å². The molecule has 1 aromatic heterocycles. The molecule has 35 heavy (non-hydrogen) atoms. The van der Waals surface area contributed by atoms with E-state index in [2.05, 4.69) is 5.10 Å². The second-order valence-electron chi connectivity index (χ2n) is 8.42. The van der Waals surface area contributed by atoms with Gasteiger partial charge < -0.3 is 4.74 Å². The summed E-state index contributed by atoms with van der Waals surface area (Å²) in [5.74, 6) is -0.514. The van der Waals surface area contributed by atoms with Gasteiger partial charge in [-0.05, 0) is 65.9 Å². The summed E-state index contributed by atoms with van der Waals surface area (Å²) < 4.78 is 30.6. The van der Waals surface area contributed by atoms with Crippen LogP contribution in [0.5, 0.6) is 0 Å². The minimum atomic E-state index is -3.31. The molecule has 8 heteroatoms. The molecule has 4 aromatic rings. The van der Waals surface area contributed by atoms with Gasteiger partial charge in [0.05, 0.1) is 24.2 Å². The maximum Gasteiger partial charge on any atom is 0.358 e. The molecule has 0 aliphatic rings. The van der Waals surface area contributed by atoms with Gasteiger partial charge in [0, 0.05) is 16.8 Å². The molecular weight excluding hydrogens is 484 g/mol. The second kappa shape index (κ2) is 9.68. The van der Waals surface area contributed by atoms with E-state index in [1.165, 1.54) is 13.4 Å². The van der Waals surface area contributed by atoms with Crippen LogP contribution < -0.4 is 0 Å². The summed E-state index contributed by atoms with van der Waals surface area (Å²) in [5, 5.41) is 5.18. The minimum absolute atomic E-state index is 0.214. The van der Waals surface area contributed by atoms with E-state index in [-0.39, 0.29) is 10.6 Å². The van der Waals surface area contributed by atoms with Crippen LogP contribution in [0.15, 0.2) is 71.6 Å². The highest BCUT2D eigenvalue weighted by atomic mass is 35.5. The van der Waals surface area contributed by atoms with Gasteiger partial charge in [0.2, 0.25) is 0 Å². The number of hydrogen-bond acceptors (Lipinski definition) is 5. The fourth-order valence-electron chi connectivity index (χ4n) is 3.98. The Kier molecular flexibility index (Phi) is 6.83. The topological polar surface area (TPSA) is 78.3 Å². The van der Waals surface area contributed by atoms with Crippen LogP contribution in [0.3, 0.4) is 0 Å². The van der Waals surface area contributed by atoms with E-state index in [0.717, 1.165) is 39.1 Å². The van der Waals surface area contributed by atoms with Gasteiger partial charge in [0.25, 0.3) is 0 Å². The summed E-state index contributed by atoms with van der Waals surface area (Å²) in [4.78, 5) is 12.5. The Morgan fingerprint density at radius 2 is 1.71 bits per heavy atom. The molecule has 0 fully saturated rings. The standard InChI is InChI=1S/C27H25ClN2O4S/c1-17-13-20(19-7-5-9-22(14-19)35(4,32)33)11-12-23(17)26-15-25(27(31)34-3)29-30(26)16-21-8-6-10-24(28)18(21)2/h5-15H,16H2,1-4H3. The van der Waals surface area contributed by atoms with Crippen LogP contribution in [0.2, 0.25) is 5.02 Å². The van der Waals surface area contributed by atoms with Crippen molar-refractivity contribution in [1.82, 2.24) is 9.78 Å². The minimum Gasteiger partial charge on any atom is -0.464 e. The van der Waals surface area contributed by atoms with E-state index >= 15 is 0 Å². The van der Waals surface area contributed by atoms with Crippen molar-refractivity contribution < 1.29 is 17.9 Å². The molecule has 0 radical (unpaired) electrons. The Hall–Kier alpha value is -3.42. The summed E-state index contributed by atoms with van der Waals surface area (Å²) in [6.45, 7) is 4.35. The molecule has 0 aliphatic heterocycles. The first-order valence-corrected chi connectivity index (χ1v) is 13.2. The predicted octanol–water partition coefficient (Wildman–Crippen LogP) is 5.73. The van der Waals surface area contributed by atoms with Gasteiger partial charge in [-0.1, -0.05) is 54.1 Å². The monoisotopic (exact) mass is 508 g/mol. The number of ether oxygens (including phenoxy) is 1. The summed E-state index contributed by atoms with van der Waals surface area (Å²) in [7, 11) is -1.98. The lowest BCUT2D eigenvalue weighted by atomic mass is 9.98. The second-order valence-corrected chi connectivity index (χ2v) is 10.8. The zero-order chi connectivity index (χ0) is 25.3. The lowest BCUT2D eigenvalue weighted by molar-refractivity contribution is 0.0593. The zero-order valence-electron chi connectivity index (χ0n) is 19.9. The smallest absolute Gasteiger partial charge is 0.358 e. The van der Waals surface area contributed by atoms with E-state index in [1.54, 1.807) is 28.9 Å². The summed E-state index contributed by atoms with van der Waals surface area (Å²) in [5.41, 5.74) is 6.47. The first-order chi connectivity index (χ1) is 16.6. The molecule has 6 nitrogen and oxygen atoms in total. The Morgan fingerprint density at radius 1 is 1.00 bits per heavy atom. The van der Waals surface area contributed by atoms with E-state index in [1.807, 2.05) is 56.3 Å². The highest BCUT2D eigenvalue weighted by Crippen LogP contribution is 2.31. The molecule has 0 amide bonds. The van der Waals surface area contributed by atoms with Crippen LogP contribution in [0.25, 0.3) is 22.4 Å². The molecule has 0 saturated heterocycles. The van der Waals surface area contributed by atoms with Gasteiger partial charge in [-0.15, -0.1) is 0 Å². The van der Waals surface area contributed by atoms with Crippen LogP contribution in [0.1, 0.15) is 27.2 Å². The largest absolute Gasteiger partial charge is 0.464 e. The number of carbonyl (C=O) groups is 1. The highest BCUT2D eigenvalue weighted by molar-refractivity contribution is 7.90. The molecule has 1 heterocycles. The number of carbonyl (C=O) groups excluding carboxylic acids is 1. The van der Waals surface area contributed by atoms with Crippen LogP contribution in [0, 0.1) is 13.8 Å². The lowest BCUT2D eigenvalue weighted by Crippen LogP contribution is -2.08. The quantitative estimate of drug-likeness (QED) is 0.311. The van der Waals surface area contributed by atoms with Crippen LogP contribution in [-0.4, -0.2) is 37.5 Å². The fourth-order valence-corrected chi connectivity index (χ4v) is 4.84. The summed E-state index contributed by atoms with van der Waals surface area (Å²) >= 11 is 6.31. The molecule has 0 N–H and O–H groups in total. The van der Waals surface area contributed by atoms with E-state index in [0.29, 0.717) is 11.6 Å². The van der Waals surface area contributed by atoms with Crippen LogP contribution >= 0.6 is 11.6 Å². The Morgan fingerprint density at radius 3 is 2.40 bits per heavy atom. The average Bonchev–Trinajstić information content (AvgIpc) is 3.24. The number of hydrogen-bond donors (Lipinski definition) is 0. The first kappa shape index (κ1) is 24.7. The molecule has 0 saturated carbocycles. The van der Waals surface area contributed by atoms with Crippen molar-refractivity contribution in [1.29, 1.82) is 0 Å². The van der Waals surface area contributed by atoms with Crippen molar-refractivity contribution >= 4 is 27.4 Å². The zero-order valence-corrected chi connectivity index (χ0v) is 21.4. The SMILES string of the molecule is COC(=O)c1cc(-c2ccc(-c3cccc(S(C)(=O)=O)c3)cc2C)n(Cc2cccc(Cl)c2C)n1. The molecule has 0 spiro atoms. The number of aryl methyl sites for hydroxylation is 1. The van der Waals surface area contributed by atoms with Gasteiger partial charge in [-0.25, -0.2) is 13.2 Å². The third kappa shape index (κ3) is 5.16. The Labute approximate surface area is 210 Å². The molecule has 3 aromatic carbocycles. The van der Waals surface area contributed by atoms with Crippen LogP contribution in [0.4, 0.5) is 0 Å². The van der Waals surface area contributed by atoms with Crippen molar-refractivity contribution in [3.8, 4) is 22.4 Å². The number of nitrogens with zero attached hydrogens (tertiary/aromatic N) is 2. The van der Waals surface area contributed by atoms with Crippen molar-refractivity contribution in [2.45, 2.75) is 25.3 Å². The van der Waals surface area contributed by atoms with Gasteiger partial charge in [0.1, 0.15) is 0 Å². The maximum atomic E-state index is 12.3. The molecule has 0 aliphatic carbocycles. The van der Waals surface area contributed by atoms with Gasteiger partial charge >= 0.3 is 5.97 Å². The third-order valence-electron chi connectivity index (χ3n) is 5.97. The molecule has 0 atom stereocenters. The van der Waals surface area contributed by atoms with E-state index in [4.69, 9.17) is 16.3 Å². The number of esters is 1. The number of halogens is 1. The number of aromatic nitrogens is 2. The number of methoxy groups -OCH3 is 1.